The van der Waals surface area contributed by atoms with Crippen LogP contribution in [0.25, 0.3) is 11.5 Å². The summed E-state index contributed by atoms with van der Waals surface area (Å²) in [5.41, 5.74) is 6.40. The number of aromatic nitrogens is 4. The van der Waals surface area contributed by atoms with Crippen LogP contribution in [0, 0.1) is 0 Å². The molecular weight excluding hydrogens is 258 g/mol. The topological polar surface area (TPSA) is 100 Å². The molecule has 2 aromatic rings. The van der Waals surface area contributed by atoms with E-state index in [1.807, 2.05) is 0 Å². The second-order valence-corrected chi connectivity index (χ2v) is 5.31. The zero-order valence-electron chi connectivity index (χ0n) is 11.7. The van der Waals surface area contributed by atoms with Gasteiger partial charge >= 0.3 is 0 Å². The average molecular weight is 277 g/mol. The van der Waals surface area contributed by atoms with Gasteiger partial charge in [0.2, 0.25) is 0 Å². The van der Waals surface area contributed by atoms with Crippen LogP contribution >= 0.6 is 0 Å². The SMILES string of the molecule is CN1CCN(C)C(Cc2noc(-c3cn[nH]c3N)n2)C1. The van der Waals surface area contributed by atoms with Crippen LogP contribution in [0.1, 0.15) is 5.82 Å². The number of hydrogen-bond donors (Lipinski definition) is 2. The first-order valence-corrected chi connectivity index (χ1v) is 6.64. The van der Waals surface area contributed by atoms with Gasteiger partial charge in [-0.2, -0.15) is 10.1 Å². The van der Waals surface area contributed by atoms with Crippen LogP contribution in [-0.2, 0) is 6.42 Å². The van der Waals surface area contributed by atoms with Crippen LogP contribution in [0.3, 0.4) is 0 Å². The van der Waals surface area contributed by atoms with Crippen LogP contribution in [0.4, 0.5) is 5.82 Å². The highest BCUT2D eigenvalue weighted by atomic mass is 16.5. The van der Waals surface area contributed by atoms with E-state index >= 15 is 0 Å². The van der Waals surface area contributed by atoms with Gasteiger partial charge in [0.05, 0.1) is 6.20 Å². The Morgan fingerprint density at radius 1 is 1.45 bits per heavy atom. The zero-order valence-corrected chi connectivity index (χ0v) is 11.7. The molecule has 1 atom stereocenters. The molecule has 8 nitrogen and oxygen atoms in total. The van der Waals surface area contributed by atoms with Crippen molar-refractivity contribution in [3.63, 3.8) is 0 Å². The van der Waals surface area contributed by atoms with E-state index in [4.69, 9.17) is 10.3 Å². The Balaban J connectivity index is 1.73. The lowest BCUT2D eigenvalue weighted by Crippen LogP contribution is -2.50. The maximum Gasteiger partial charge on any atom is 0.263 e. The van der Waals surface area contributed by atoms with Gasteiger partial charge in [-0.05, 0) is 14.1 Å². The lowest BCUT2D eigenvalue weighted by Gasteiger charge is -2.37. The second-order valence-electron chi connectivity index (χ2n) is 5.31. The van der Waals surface area contributed by atoms with Crippen molar-refractivity contribution in [2.75, 3.05) is 39.5 Å². The van der Waals surface area contributed by atoms with Crippen LogP contribution in [0.2, 0.25) is 0 Å². The molecule has 3 rings (SSSR count). The number of likely N-dealkylation sites (N-methyl/N-ethyl adjacent to an activating group) is 2. The number of nitrogens with zero attached hydrogens (tertiary/aromatic N) is 5. The molecule has 1 saturated heterocycles. The molecule has 0 spiro atoms. The zero-order chi connectivity index (χ0) is 14.1. The quantitative estimate of drug-likeness (QED) is 0.803. The minimum atomic E-state index is 0.404. The summed E-state index contributed by atoms with van der Waals surface area (Å²) in [6.45, 7) is 3.16. The van der Waals surface area contributed by atoms with E-state index < -0.39 is 0 Å². The fourth-order valence-corrected chi connectivity index (χ4v) is 2.45. The molecule has 1 fully saturated rings. The maximum atomic E-state index is 5.75. The van der Waals surface area contributed by atoms with E-state index in [-0.39, 0.29) is 0 Å². The molecule has 0 radical (unpaired) electrons. The Hall–Kier alpha value is -1.93. The summed E-state index contributed by atoms with van der Waals surface area (Å²) >= 11 is 0. The molecular formula is C12H19N7O. The lowest BCUT2D eigenvalue weighted by atomic mass is 10.1. The molecule has 1 unspecified atom stereocenters. The summed E-state index contributed by atoms with van der Waals surface area (Å²) in [4.78, 5) is 9.06. The maximum absolute atomic E-state index is 5.75. The third-order valence-electron chi connectivity index (χ3n) is 3.77. The number of rotatable bonds is 3. The predicted octanol–water partition coefficient (Wildman–Crippen LogP) is -0.170. The standard InChI is InChI=1S/C12H19N7O/c1-18-3-4-19(2)8(7-18)5-10-15-12(20-17-10)9-6-14-16-11(9)13/h6,8H,3-5,7H2,1-2H3,(H3,13,14,16). The van der Waals surface area contributed by atoms with Gasteiger partial charge in [0.1, 0.15) is 11.4 Å². The van der Waals surface area contributed by atoms with Gasteiger partial charge in [-0.25, -0.2) is 0 Å². The average Bonchev–Trinajstić information content (AvgIpc) is 3.02. The molecule has 3 heterocycles. The molecule has 108 valence electrons. The first kappa shape index (κ1) is 13.1. The van der Waals surface area contributed by atoms with Crippen LogP contribution < -0.4 is 5.73 Å². The van der Waals surface area contributed by atoms with E-state index in [1.54, 1.807) is 6.20 Å². The van der Waals surface area contributed by atoms with E-state index in [1.165, 1.54) is 0 Å². The smallest absolute Gasteiger partial charge is 0.263 e. The van der Waals surface area contributed by atoms with Gasteiger partial charge in [-0.1, -0.05) is 5.16 Å². The van der Waals surface area contributed by atoms with Gasteiger partial charge in [-0.3, -0.25) is 5.10 Å². The van der Waals surface area contributed by atoms with Crippen LogP contribution in [-0.4, -0.2) is 69.9 Å². The first-order valence-electron chi connectivity index (χ1n) is 6.64. The molecule has 0 aliphatic carbocycles. The summed E-state index contributed by atoms with van der Waals surface area (Å²) in [5.74, 6) is 1.56. The number of hydrogen-bond acceptors (Lipinski definition) is 7. The molecule has 2 aromatic heterocycles. The highest BCUT2D eigenvalue weighted by molar-refractivity contribution is 5.65. The highest BCUT2D eigenvalue weighted by Gasteiger charge is 2.24. The van der Waals surface area contributed by atoms with Gasteiger partial charge in [-0.15, -0.1) is 0 Å². The van der Waals surface area contributed by atoms with Gasteiger partial charge in [0.15, 0.2) is 5.82 Å². The number of nitrogens with one attached hydrogen (secondary N) is 1. The molecule has 0 bridgehead atoms. The summed E-state index contributed by atoms with van der Waals surface area (Å²) in [7, 11) is 4.26. The summed E-state index contributed by atoms with van der Waals surface area (Å²) < 4.78 is 5.26. The summed E-state index contributed by atoms with van der Waals surface area (Å²) in [6.07, 6.45) is 2.36. The number of nitrogens with two attached hydrogens (primary N) is 1. The number of H-pyrrole nitrogens is 1. The second kappa shape index (κ2) is 5.22. The predicted molar refractivity (Wildman–Crippen MR) is 73.9 cm³/mol. The summed E-state index contributed by atoms with van der Waals surface area (Å²) in [6, 6.07) is 0.404. The molecule has 0 amide bonds. The number of nitrogen functional groups attached to an aromatic ring is 1. The molecule has 0 saturated carbocycles. The third-order valence-corrected chi connectivity index (χ3v) is 3.77. The molecule has 1 aliphatic heterocycles. The Morgan fingerprint density at radius 3 is 3.05 bits per heavy atom. The lowest BCUT2D eigenvalue weighted by molar-refractivity contribution is 0.113. The normalized spacial score (nSPS) is 21.4. The Labute approximate surface area is 116 Å². The van der Waals surface area contributed by atoms with E-state index in [2.05, 4.69) is 44.2 Å². The van der Waals surface area contributed by atoms with Crippen molar-refractivity contribution in [1.29, 1.82) is 0 Å². The van der Waals surface area contributed by atoms with E-state index in [0.717, 1.165) is 26.1 Å². The van der Waals surface area contributed by atoms with Crippen LogP contribution in [0.15, 0.2) is 10.7 Å². The van der Waals surface area contributed by atoms with Gasteiger partial charge in [0, 0.05) is 32.1 Å². The van der Waals surface area contributed by atoms with Crippen molar-refractivity contribution in [1.82, 2.24) is 30.1 Å². The molecule has 0 aromatic carbocycles. The fraction of sp³-hybridized carbons (Fsp3) is 0.583. The van der Waals surface area contributed by atoms with Crippen LogP contribution in [0.5, 0.6) is 0 Å². The van der Waals surface area contributed by atoms with Crippen molar-refractivity contribution >= 4 is 5.82 Å². The van der Waals surface area contributed by atoms with Crippen molar-refractivity contribution in [3.8, 4) is 11.5 Å². The van der Waals surface area contributed by atoms with Crippen molar-refractivity contribution < 1.29 is 4.52 Å². The summed E-state index contributed by atoms with van der Waals surface area (Å²) in [5, 5.41) is 10.5. The van der Waals surface area contributed by atoms with E-state index in [9.17, 15) is 0 Å². The van der Waals surface area contributed by atoms with E-state index in [0.29, 0.717) is 29.1 Å². The molecule has 20 heavy (non-hydrogen) atoms. The highest BCUT2D eigenvalue weighted by Crippen LogP contribution is 2.22. The Kier molecular flexibility index (Phi) is 3.41. The number of aromatic amines is 1. The fourth-order valence-electron chi connectivity index (χ4n) is 2.45. The molecule has 8 heteroatoms. The first-order chi connectivity index (χ1) is 9.63. The monoisotopic (exact) mass is 277 g/mol. The third kappa shape index (κ3) is 2.52. The van der Waals surface area contributed by atoms with Crippen molar-refractivity contribution in [2.24, 2.45) is 0 Å². The minimum Gasteiger partial charge on any atom is -0.383 e. The van der Waals surface area contributed by atoms with Gasteiger partial charge in [0.25, 0.3) is 5.89 Å². The molecule has 3 N–H and O–H groups in total. The Morgan fingerprint density at radius 2 is 2.30 bits per heavy atom. The van der Waals surface area contributed by atoms with Gasteiger partial charge < -0.3 is 20.1 Å². The number of piperazine rings is 1. The number of anilines is 1. The molecule has 1 aliphatic rings. The minimum absolute atomic E-state index is 0.404. The van der Waals surface area contributed by atoms with Crippen molar-refractivity contribution in [2.45, 2.75) is 12.5 Å². The Bertz CT molecular complexity index is 578. The largest absolute Gasteiger partial charge is 0.383 e. The van der Waals surface area contributed by atoms with Crippen molar-refractivity contribution in [3.05, 3.63) is 12.0 Å².